The van der Waals surface area contributed by atoms with E-state index >= 15 is 0 Å². The summed E-state index contributed by atoms with van der Waals surface area (Å²) in [6, 6.07) is 13.5. The molecule has 2 N–H and O–H groups in total. The molecule has 0 radical (unpaired) electrons. The van der Waals surface area contributed by atoms with Gasteiger partial charge in [-0.1, -0.05) is 30.3 Å². The number of nitrogens with zero attached hydrogens (tertiary/aromatic N) is 1. The topological polar surface area (TPSA) is 79.9 Å². The number of benzene rings is 2. The maximum absolute atomic E-state index is 13.1. The van der Waals surface area contributed by atoms with Gasteiger partial charge in [-0.2, -0.15) is 0 Å². The van der Waals surface area contributed by atoms with Gasteiger partial charge in [0.15, 0.2) is 11.5 Å². The van der Waals surface area contributed by atoms with E-state index in [2.05, 4.69) is 10.6 Å². The first-order valence-corrected chi connectivity index (χ1v) is 10.6. The van der Waals surface area contributed by atoms with Gasteiger partial charge >= 0.3 is 6.03 Å². The van der Waals surface area contributed by atoms with Crippen LogP contribution in [0.25, 0.3) is 0 Å². The molecule has 0 aliphatic carbocycles. The molecule has 0 bridgehead atoms. The minimum Gasteiger partial charge on any atom is -0.493 e. The van der Waals surface area contributed by atoms with Crippen LogP contribution in [0.2, 0.25) is 0 Å². The Bertz CT molecular complexity index is 915. The van der Waals surface area contributed by atoms with Gasteiger partial charge in [0, 0.05) is 25.6 Å². The van der Waals surface area contributed by atoms with Crippen LogP contribution in [0.4, 0.5) is 4.79 Å². The number of carbonyl (C=O) groups excluding carboxylic acids is 2. The third kappa shape index (κ3) is 5.29. The number of methoxy groups -OCH3 is 2. The van der Waals surface area contributed by atoms with E-state index in [1.165, 1.54) is 0 Å². The molecule has 0 fully saturated rings. The van der Waals surface area contributed by atoms with E-state index in [-0.39, 0.29) is 37.0 Å². The van der Waals surface area contributed by atoms with Gasteiger partial charge in [-0.05, 0) is 49.1 Å². The van der Waals surface area contributed by atoms with Crippen LogP contribution in [0.5, 0.6) is 11.5 Å². The van der Waals surface area contributed by atoms with Gasteiger partial charge in [-0.25, -0.2) is 4.79 Å². The van der Waals surface area contributed by atoms with Gasteiger partial charge in [0.05, 0.1) is 20.3 Å². The lowest BCUT2D eigenvalue weighted by molar-refractivity contribution is -0.121. The van der Waals surface area contributed by atoms with E-state index in [1.54, 1.807) is 14.2 Å². The van der Waals surface area contributed by atoms with Crippen LogP contribution in [0.15, 0.2) is 42.5 Å². The van der Waals surface area contributed by atoms with Crippen LogP contribution in [0.3, 0.4) is 0 Å². The second-order valence-corrected chi connectivity index (χ2v) is 7.87. The Balaban J connectivity index is 1.85. The second kappa shape index (κ2) is 10.2. The maximum atomic E-state index is 13.1. The molecule has 0 saturated carbocycles. The number of urea groups is 1. The molecule has 3 amide bonds. The van der Waals surface area contributed by atoms with Gasteiger partial charge in [0.25, 0.3) is 0 Å². The summed E-state index contributed by atoms with van der Waals surface area (Å²) in [5.74, 6) is 1.24. The number of amides is 3. The molecule has 0 saturated heterocycles. The summed E-state index contributed by atoms with van der Waals surface area (Å²) < 4.78 is 11.0. The molecule has 2 aromatic carbocycles. The summed E-state index contributed by atoms with van der Waals surface area (Å²) in [5, 5.41) is 5.75. The first kappa shape index (κ1) is 22.5. The van der Waals surface area contributed by atoms with Crippen LogP contribution in [0.1, 0.15) is 43.0 Å². The molecule has 31 heavy (non-hydrogen) atoms. The van der Waals surface area contributed by atoms with E-state index in [0.29, 0.717) is 24.5 Å². The van der Waals surface area contributed by atoms with Crippen LogP contribution in [0, 0.1) is 0 Å². The molecule has 0 unspecified atom stereocenters. The van der Waals surface area contributed by atoms with Crippen LogP contribution >= 0.6 is 0 Å². The maximum Gasteiger partial charge on any atom is 0.318 e. The smallest absolute Gasteiger partial charge is 0.318 e. The van der Waals surface area contributed by atoms with Gasteiger partial charge < -0.3 is 25.0 Å². The molecule has 7 nitrogen and oxygen atoms in total. The Kier molecular flexibility index (Phi) is 7.39. The molecule has 3 rings (SSSR count). The monoisotopic (exact) mass is 425 g/mol. The quantitative estimate of drug-likeness (QED) is 0.714. The van der Waals surface area contributed by atoms with Crippen molar-refractivity contribution in [3.8, 4) is 11.5 Å². The van der Waals surface area contributed by atoms with Crippen molar-refractivity contribution in [3.63, 3.8) is 0 Å². The van der Waals surface area contributed by atoms with Crippen molar-refractivity contribution in [1.82, 2.24) is 15.5 Å². The molecule has 0 spiro atoms. The van der Waals surface area contributed by atoms with Crippen LogP contribution in [-0.2, 0) is 11.2 Å². The fourth-order valence-corrected chi connectivity index (χ4v) is 3.94. The normalized spacial score (nSPS) is 15.3. The van der Waals surface area contributed by atoms with Crippen LogP contribution < -0.4 is 20.1 Å². The first-order chi connectivity index (χ1) is 14.9. The molecule has 1 aliphatic heterocycles. The number of rotatable bonds is 7. The van der Waals surface area contributed by atoms with Crippen molar-refractivity contribution < 1.29 is 19.1 Å². The van der Waals surface area contributed by atoms with E-state index in [0.717, 1.165) is 16.7 Å². The zero-order valence-electron chi connectivity index (χ0n) is 18.6. The number of hydrogen-bond acceptors (Lipinski definition) is 4. The minimum absolute atomic E-state index is 0.0734. The van der Waals surface area contributed by atoms with Crippen molar-refractivity contribution in [3.05, 3.63) is 59.2 Å². The lowest BCUT2D eigenvalue weighted by Gasteiger charge is -2.38. The standard InChI is InChI=1S/C24H31N3O4/c1-16(2)26-22(28)10-12-25-24(29)27-13-11-18-14-20(30-3)21(31-4)15-19(18)23(27)17-8-6-5-7-9-17/h5-9,14-16,23H,10-13H2,1-4H3,(H,25,29)(H,26,28)/t23-/m1/s1. The summed E-state index contributed by atoms with van der Waals surface area (Å²) in [5.41, 5.74) is 3.16. The summed E-state index contributed by atoms with van der Waals surface area (Å²) in [7, 11) is 3.23. The van der Waals surface area contributed by atoms with Gasteiger partial charge in [-0.15, -0.1) is 0 Å². The Morgan fingerprint density at radius 2 is 1.77 bits per heavy atom. The van der Waals surface area contributed by atoms with Crippen molar-refractivity contribution in [2.75, 3.05) is 27.3 Å². The lowest BCUT2D eigenvalue weighted by atomic mass is 9.88. The SMILES string of the molecule is COc1cc2c(cc1OC)[C@@H](c1ccccc1)N(C(=O)NCCC(=O)NC(C)C)CC2. The Morgan fingerprint density at radius 1 is 1.10 bits per heavy atom. The number of nitrogens with one attached hydrogen (secondary N) is 2. The zero-order chi connectivity index (χ0) is 22.4. The molecule has 166 valence electrons. The average Bonchev–Trinajstić information content (AvgIpc) is 2.77. The predicted octanol–water partition coefficient (Wildman–Crippen LogP) is 3.28. The highest BCUT2D eigenvalue weighted by Gasteiger charge is 2.33. The van der Waals surface area contributed by atoms with Gasteiger partial charge in [-0.3, -0.25) is 4.79 Å². The third-order valence-electron chi connectivity index (χ3n) is 5.33. The van der Waals surface area contributed by atoms with E-state index in [1.807, 2.05) is 61.2 Å². The van der Waals surface area contributed by atoms with Crippen molar-refractivity contribution >= 4 is 11.9 Å². The Morgan fingerprint density at radius 3 is 2.42 bits per heavy atom. The van der Waals surface area contributed by atoms with Crippen molar-refractivity contribution in [2.24, 2.45) is 0 Å². The van der Waals surface area contributed by atoms with Crippen molar-refractivity contribution in [2.45, 2.75) is 38.8 Å². The molecule has 2 aromatic rings. The number of hydrogen-bond donors (Lipinski definition) is 2. The largest absolute Gasteiger partial charge is 0.493 e. The summed E-state index contributed by atoms with van der Waals surface area (Å²) in [4.78, 5) is 26.8. The summed E-state index contributed by atoms with van der Waals surface area (Å²) in [6.07, 6.45) is 0.954. The average molecular weight is 426 g/mol. The highest BCUT2D eigenvalue weighted by molar-refractivity contribution is 5.79. The molecule has 7 heteroatoms. The lowest BCUT2D eigenvalue weighted by Crippen LogP contribution is -2.46. The molecule has 1 heterocycles. The first-order valence-electron chi connectivity index (χ1n) is 10.6. The fraction of sp³-hybridized carbons (Fsp3) is 0.417. The summed E-state index contributed by atoms with van der Waals surface area (Å²) in [6.45, 7) is 4.67. The molecular weight excluding hydrogens is 394 g/mol. The highest BCUT2D eigenvalue weighted by Crippen LogP contribution is 2.40. The number of fused-ring (bicyclic) bond motifs is 1. The molecular formula is C24H31N3O4. The predicted molar refractivity (Wildman–Crippen MR) is 120 cm³/mol. The Hall–Kier alpha value is -3.22. The molecule has 1 atom stereocenters. The summed E-state index contributed by atoms with van der Waals surface area (Å²) >= 11 is 0. The van der Waals surface area contributed by atoms with Gasteiger partial charge in [0.2, 0.25) is 5.91 Å². The van der Waals surface area contributed by atoms with E-state index in [9.17, 15) is 9.59 Å². The third-order valence-corrected chi connectivity index (χ3v) is 5.33. The van der Waals surface area contributed by atoms with Crippen molar-refractivity contribution in [1.29, 1.82) is 0 Å². The van der Waals surface area contributed by atoms with E-state index < -0.39 is 0 Å². The fourth-order valence-electron chi connectivity index (χ4n) is 3.94. The van der Waals surface area contributed by atoms with Crippen LogP contribution in [-0.4, -0.2) is 50.2 Å². The molecule has 0 aromatic heterocycles. The molecule has 1 aliphatic rings. The minimum atomic E-state index is -0.255. The zero-order valence-corrected chi connectivity index (χ0v) is 18.6. The Labute approximate surface area is 183 Å². The second-order valence-electron chi connectivity index (χ2n) is 7.87. The van der Waals surface area contributed by atoms with Gasteiger partial charge in [0.1, 0.15) is 0 Å². The van der Waals surface area contributed by atoms with E-state index in [4.69, 9.17) is 9.47 Å². The number of carbonyl (C=O) groups is 2. The number of ether oxygens (including phenoxy) is 2. The highest BCUT2D eigenvalue weighted by atomic mass is 16.5.